The number of amides is 1. The zero-order valence-electron chi connectivity index (χ0n) is 11.6. The molecule has 6 nitrogen and oxygen atoms in total. The van der Waals surface area contributed by atoms with Gasteiger partial charge < -0.3 is 15.0 Å². The molecule has 2 heterocycles. The Hall–Kier alpha value is -1.40. The van der Waals surface area contributed by atoms with Crippen LogP contribution in [-0.4, -0.2) is 53.4 Å². The molecule has 1 N–H and O–H groups in total. The van der Waals surface area contributed by atoms with E-state index in [9.17, 15) is 4.79 Å². The molecule has 6 heteroatoms. The molecule has 1 fully saturated rings. The van der Waals surface area contributed by atoms with E-state index in [0.717, 1.165) is 18.8 Å². The molecule has 19 heavy (non-hydrogen) atoms. The van der Waals surface area contributed by atoms with Crippen LogP contribution in [0.25, 0.3) is 0 Å². The van der Waals surface area contributed by atoms with Gasteiger partial charge in [-0.3, -0.25) is 9.48 Å². The first-order valence-electron chi connectivity index (χ1n) is 6.75. The lowest BCUT2D eigenvalue weighted by Crippen LogP contribution is -2.41. The molecule has 0 aliphatic carbocycles. The number of carbonyl (C=O) groups excluding carboxylic acids is 1. The number of hydrogen-bond donors (Lipinski definition) is 1. The predicted octanol–water partition coefficient (Wildman–Crippen LogP) is 0.320. The maximum atomic E-state index is 11.9. The number of aromatic nitrogens is 2. The third-order valence-corrected chi connectivity index (χ3v) is 3.46. The Morgan fingerprint density at radius 1 is 1.53 bits per heavy atom. The van der Waals surface area contributed by atoms with Crippen LogP contribution in [0.2, 0.25) is 0 Å². The molecule has 1 aliphatic rings. The van der Waals surface area contributed by atoms with Crippen molar-refractivity contribution in [1.82, 2.24) is 20.0 Å². The third kappa shape index (κ3) is 3.78. The Bertz CT molecular complexity index is 413. The molecule has 0 bridgehead atoms. The highest BCUT2D eigenvalue weighted by Crippen LogP contribution is 2.10. The number of ether oxygens (including phenoxy) is 1. The van der Waals surface area contributed by atoms with E-state index in [4.69, 9.17) is 4.74 Å². The fourth-order valence-electron chi connectivity index (χ4n) is 2.28. The molecular weight excluding hydrogens is 244 g/mol. The Balaban J connectivity index is 1.71. The molecule has 1 aliphatic heterocycles. The van der Waals surface area contributed by atoms with Gasteiger partial charge in [-0.25, -0.2) is 0 Å². The zero-order chi connectivity index (χ0) is 13.7. The maximum absolute atomic E-state index is 11.9. The van der Waals surface area contributed by atoms with Crippen LogP contribution in [0.4, 0.5) is 0 Å². The second-order valence-electron chi connectivity index (χ2n) is 4.80. The minimum Gasteiger partial charge on any atom is -0.378 e. The molecule has 0 radical (unpaired) electrons. The second-order valence-corrected chi connectivity index (χ2v) is 4.80. The SMILES string of the molecule is CC(NCCC(=O)N1CCOCC1)c1ccnn1C. The fraction of sp³-hybridized carbons (Fsp3) is 0.692. The first-order chi connectivity index (χ1) is 9.18. The molecule has 1 amide bonds. The molecule has 0 aromatic carbocycles. The summed E-state index contributed by atoms with van der Waals surface area (Å²) in [6.45, 7) is 5.51. The van der Waals surface area contributed by atoms with Gasteiger partial charge in [0, 0.05) is 45.3 Å². The molecular formula is C13H22N4O2. The molecule has 1 atom stereocenters. The lowest BCUT2D eigenvalue weighted by Gasteiger charge is -2.27. The Labute approximate surface area is 113 Å². The molecule has 2 rings (SSSR count). The highest BCUT2D eigenvalue weighted by atomic mass is 16.5. The van der Waals surface area contributed by atoms with Crippen molar-refractivity contribution in [3.05, 3.63) is 18.0 Å². The van der Waals surface area contributed by atoms with Crippen molar-refractivity contribution in [3.63, 3.8) is 0 Å². The number of nitrogens with zero attached hydrogens (tertiary/aromatic N) is 3. The molecule has 1 aromatic rings. The summed E-state index contributed by atoms with van der Waals surface area (Å²) in [6.07, 6.45) is 2.31. The number of rotatable bonds is 5. The van der Waals surface area contributed by atoms with Gasteiger partial charge in [-0.1, -0.05) is 0 Å². The Kier molecular flexibility index (Phi) is 4.93. The van der Waals surface area contributed by atoms with E-state index in [1.54, 1.807) is 6.20 Å². The maximum Gasteiger partial charge on any atom is 0.224 e. The standard InChI is InChI=1S/C13H22N4O2/c1-11(12-3-6-15-16(12)2)14-5-4-13(18)17-7-9-19-10-8-17/h3,6,11,14H,4-5,7-10H2,1-2H3. The van der Waals surface area contributed by atoms with Gasteiger partial charge in [-0.15, -0.1) is 0 Å². The lowest BCUT2D eigenvalue weighted by molar-refractivity contribution is -0.135. The smallest absolute Gasteiger partial charge is 0.224 e. The number of aryl methyl sites for hydroxylation is 1. The van der Waals surface area contributed by atoms with E-state index in [0.29, 0.717) is 26.2 Å². The van der Waals surface area contributed by atoms with E-state index < -0.39 is 0 Å². The molecule has 0 saturated carbocycles. The second kappa shape index (κ2) is 6.68. The van der Waals surface area contributed by atoms with Crippen molar-refractivity contribution < 1.29 is 9.53 Å². The highest BCUT2D eigenvalue weighted by Gasteiger charge is 2.16. The lowest BCUT2D eigenvalue weighted by atomic mass is 10.2. The summed E-state index contributed by atoms with van der Waals surface area (Å²) < 4.78 is 7.08. The zero-order valence-corrected chi connectivity index (χ0v) is 11.6. The normalized spacial score (nSPS) is 17.5. The summed E-state index contributed by atoms with van der Waals surface area (Å²) >= 11 is 0. The molecule has 1 saturated heterocycles. The van der Waals surface area contributed by atoms with Gasteiger partial charge in [-0.05, 0) is 13.0 Å². The van der Waals surface area contributed by atoms with Gasteiger partial charge in [0.15, 0.2) is 0 Å². The Morgan fingerprint density at radius 2 is 2.26 bits per heavy atom. The summed E-state index contributed by atoms with van der Waals surface area (Å²) in [6, 6.07) is 2.19. The van der Waals surface area contributed by atoms with Crippen LogP contribution in [0.3, 0.4) is 0 Å². The van der Waals surface area contributed by atoms with Crippen LogP contribution >= 0.6 is 0 Å². The van der Waals surface area contributed by atoms with Gasteiger partial charge in [0.05, 0.1) is 18.9 Å². The van der Waals surface area contributed by atoms with Gasteiger partial charge in [0.25, 0.3) is 0 Å². The summed E-state index contributed by atoms with van der Waals surface area (Å²) in [5, 5.41) is 7.50. The van der Waals surface area contributed by atoms with Crippen molar-refractivity contribution in [2.45, 2.75) is 19.4 Å². The van der Waals surface area contributed by atoms with Gasteiger partial charge in [-0.2, -0.15) is 5.10 Å². The first-order valence-corrected chi connectivity index (χ1v) is 6.75. The summed E-state index contributed by atoms with van der Waals surface area (Å²) in [5.41, 5.74) is 1.12. The number of hydrogen-bond acceptors (Lipinski definition) is 4. The summed E-state index contributed by atoms with van der Waals surface area (Å²) in [7, 11) is 1.92. The fourth-order valence-corrected chi connectivity index (χ4v) is 2.28. The number of morpholine rings is 1. The van der Waals surface area contributed by atoms with Crippen molar-refractivity contribution in [1.29, 1.82) is 0 Å². The number of nitrogens with one attached hydrogen (secondary N) is 1. The van der Waals surface area contributed by atoms with Crippen LogP contribution in [0, 0.1) is 0 Å². The quantitative estimate of drug-likeness (QED) is 0.834. The van der Waals surface area contributed by atoms with Gasteiger partial charge in [0.2, 0.25) is 5.91 Å². The van der Waals surface area contributed by atoms with E-state index in [-0.39, 0.29) is 11.9 Å². The Morgan fingerprint density at radius 3 is 2.89 bits per heavy atom. The van der Waals surface area contributed by atoms with Crippen molar-refractivity contribution >= 4 is 5.91 Å². The topological polar surface area (TPSA) is 59.4 Å². The molecule has 0 spiro atoms. The predicted molar refractivity (Wildman–Crippen MR) is 71.6 cm³/mol. The molecule has 1 unspecified atom stereocenters. The average molecular weight is 266 g/mol. The molecule has 1 aromatic heterocycles. The summed E-state index contributed by atoms with van der Waals surface area (Å²) in [4.78, 5) is 13.8. The van der Waals surface area contributed by atoms with Crippen LogP contribution in [0.15, 0.2) is 12.3 Å². The van der Waals surface area contributed by atoms with Crippen LogP contribution < -0.4 is 5.32 Å². The van der Waals surface area contributed by atoms with Crippen molar-refractivity contribution in [2.24, 2.45) is 7.05 Å². The monoisotopic (exact) mass is 266 g/mol. The minimum atomic E-state index is 0.199. The van der Waals surface area contributed by atoms with E-state index in [2.05, 4.69) is 17.3 Å². The highest BCUT2D eigenvalue weighted by molar-refractivity contribution is 5.76. The summed E-state index contributed by atoms with van der Waals surface area (Å²) in [5.74, 6) is 0.202. The van der Waals surface area contributed by atoms with Gasteiger partial charge in [0.1, 0.15) is 0 Å². The largest absolute Gasteiger partial charge is 0.378 e. The number of carbonyl (C=O) groups is 1. The van der Waals surface area contributed by atoms with Gasteiger partial charge >= 0.3 is 0 Å². The minimum absolute atomic E-state index is 0.199. The van der Waals surface area contributed by atoms with E-state index in [1.165, 1.54) is 0 Å². The molecule has 106 valence electrons. The van der Waals surface area contributed by atoms with Crippen molar-refractivity contribution in [3.8, 4) is 0 Å². The van der Waals surface area contributed by atoms with E-state index in [1.807, 2.05) is 22.7 Å². The van der Waals surface area contributed by atoms with Crippen LogP contribution in [0.5, 0.6) is 0 Å². The van der Waals surface area contributed by atoms with Crippen LogP contribution in [0.1, 0.15) is 25.1 Å². The third-order valence-electron chi connectivity index (χ3n) is 3.46. The van der Waals surface area contributed by atoms with Crippen molar-refractivity contribution in [2.75, 3.05) is 32.8 Å². The van der Waals surface area contributed by atoms with E-state index >= 15 is 0 Å². The average Bonchev–Trinajstić information content (AvgIpc) is 2.86. The van der Waals surface area contributed by atoms with Crippen LogP contribution in [-0.2, 0) is 16.6 Å². The first kappa shape index (κ1) is 14.0.